The lowest BCUT2D eigenvalue weighted by Gasteiger charge is -2.27. The number of hydrogen-bond acceptors (Lipinski definition) is 6. The number of likely N-dealkylation sites (N-methyl/N-ethyl adjacent to an activating group) is 2. The van der Waals surface area contributed by atoms with Crippen molar-refractivity contribution in [1.29, 1.82) is 0 Å². The molecule has 4 rings (SSSR count). The minimum atomic E-state index is -0.896. The molecule has 2 amide bonds. The summed E-state index contributed by atoms with van der Waals surface area (Å²) in [4.78, 5) is 41.6. The van der Waals surface area contributed by atoms with E-state index in [2.05, 4.69) is 15.0 Å². The van der Waals surface area contributed by atoms with Crippen LogP contribution in [0.4, 0.5) is 10.2 Å². The maximum atomic E-state index is 14.1. The largest absolute Gasteiger partial charge is 0.487 e. The summed E-state index contributed by atoms with van der Waals surface area (Å²) in [6.45, 7) is 3.42. The van der Waals surface area contributed by atoms with Gasteiger partial charge in [0.15, 0.2) is 11.6 Å². The fourth-order valence-electron chi connectivity index (χ4n) is 3.47. The quantitative estimate of drug-likeness (QED) is 0.629. The number of aryl methyl sites for hydroxylation is 2. The Hall–Kier alpha value is -3.88. The second-order valence-corrected chi connectivity index (χ2v) is 7.65. The molecule has 0 unspecified atom stereocenters. The molecule has 8 nitrogen and oxygen atoms in total. The Morgan fingerprint density at radius 3 is 2.75 bits per heavy atom. The van der Waals surface area contributed by atoms with E-state index in [1.807, 2.05) is 0 Å². The number of amides is 2. The molecule has 3 heterocycles. The van der Waals surface area contributed by atoms with Crippen molar-refractivity contribution in [2.24, 2.45) is 0 Å². The Balaban J connectivity index is 1.63. The summed E-state index contributed by atoms with van der Waals surface area (Å²) < 4.78 is 19.8. The average Bonchev–Trinajstić information content (AvgIpc) is 2.92. The van der Waals surface area contributed by atoms with Crippen molar-refractivity contribution in [2.45, 2.75) is 19.9 Å². The third kappa shape index (κ3) is 3.77. The van der Waals surface area contributed by atoms with E-state index < -0.39 is 11.9 Å². The summed E-state index contributed by atoms with van der Waals surface area (Å²) >= 11 is 0. The normalized spacial score (nSPS) is 15.6. The molecule has 164 valence electrons. The fraction of sp³-hybridized carbons (Fsp3) is 0.261. The van der Waals surface area contributed by atoms with Crippen LogP contribution in [0.5, 0.6) is 5.75 Å². The van der Waals surface area contributed by atoms with Crippen LogP contribution in [0.15, 0.2) is 42.7 Å². The van der Waals surface area contributed by atoms with Crippen LogP contribution in [0.2, 0.25) is 0 Å². The Bertz CT molecular complexity index is 1220. The number of hydrogen-bond donors (Lipinski definition) is 0. The van der Waals surface area contributed by atoms with Gasteiger partial charge >= 0.3 is 0 Å². The summed E-state index contributed by atoms with van der Waals surface area (Å²) in [5.41, 5.74) is 2.21. The van der Waals surface area contributed by atoms with Gasteiger partial charge in [0.1, 0.15) is 18.5 Å². The van der Waals surface area contributed by atoms with Crippen LogP contribution < -0.4 is 9.64 Å². The zero-order chi connectivity index (χ0) is 23.0. The zero-order valence-electron chi connectivity index (χ0n) is 18.2. The molecule has 0 fully saturated rings. The number of halogens is 1. The molecule has 0 spiro atoms. The number of rotatable bonds is 3. The lowest BCUT2D eigenvalue weighted by molar-refractivity contribution is -0.123. The number of anilines is 1. The molecule has 0 saturated heterocycles. The number of benzene rings is 1. The van der Waals surface area contributed by atoms with Gasteiger partial charge in [-0.3, -0.25) is 14.5 Å². The number of carbonyl (C=O) groups is 2. The highest BCUT2D eigenvalue weighted by Crippen LogP contribution is 2.29. The predicted molar refractivity (Wildman–Crippen MR) is 116 cm³/mol. The zero-order valence-corrected chi connectivity index (χ0v) is 18.2. The number of fused-ring (bicyclic) bond motifs is 1. The summed E-state index contributed by atoms with van der Waals surface area (Å²) in [7, 11) is 3.08. The first kappa shape index (κ1) is 21.4. The molecule has 9 heteroatoms. The molecule has 32 heavy (non-hydrogen) atoms. The molecule has 1 aromatic carbocycles. The summed E-state index contributed by atoms with van der Waals surface area (Å²) in [6.07, 6.45) is 3.08. The predicted octanol–water partition coefficient (Wildman–Crippen LogP) is 2.79. The smallest absolute Gasteiger partial charge is 0.292 e. The highest BCUT2D eigenvalue weighted by Gasteiger charge is 2.36. The number of pyridine rings is 1. The highest BCUT2D eigenvalue weighted by molar-refractivity contribution is 6.01. The first-order valence-corrected chi connectivity index (χ1v) is 10.0. The minimum Gasteiger partial charge on any atom is -0.487 e. The van der Waals surface area contributed by atoms with Gasteiger partial charge in [0, 0.05) is 32.1 Å². The minimum absolute atomic E-state index is 0.0357. The van der Waals surface area contributed by atoms with Gasteiger partial charge in [0.05, 0.1) is 5.69 Å². The van der Waals surface area contributed by atoms with Crippen LogP contribution in [0.1, 0.15) is 21.7 Å². The Kier molecular flexibility index (Phi) is 5.56. The van der Waals surface area contributed by atoms with Crippen molar-refractivity contribution in [2.75, 3.05) is 25.6 Å². The van der Waals surface area contributed by atoms with Crippen LogP contribution in [0, 0.1) is 19.7 Å². The van der Waals surface area contributed by atoms with Gasteiger partial charge in [-0.1, -0.05) is 12.1 Å². The number of aromatic nitrogens is 3. The monoisotopic (exact) mass is 435 g/mol. The van der Waals surface area contributed by atoms with Gasteiger partial charge < -0.3 is 9.64 Å². The molecule has 0 saturated carbocycles. The SMILES string of the molecule is Cc1ccc(-c2nc(C(=O)N(C)[C@H]3COc4cccnc4N(C)C3=O)ncc2C)cc1F. The van der Waals surface area contributed by atoms with Crippen LogP contribution in [-0.2, 0) is 4.79 Å². The van der Waals surface area contributed by atoms with E-state index in [9.17, 15) is 14.0 Å². The summed E-state index contributed by atoms with van der Waals surface area (Å²) in [5.74, 6) is -0.496. The third-order valence-corrected chi connectivity index (χ3v) is 5.48. The van der Waals surface area contributed by atoms with Gasteiger partial charge in [0.2, 0.25) is 5.82 Å². The molecule has 0 bridgehead atoms. The summed E-state index contributed by atoms with van der Waals surface area (Å²) in [6, 6.07) is 7.31. The van der Waals surface area contributed by atoms with E-state index >= 15 is 0 Å². The molecule has 1 aliphatic rings. The molecular formula is C23H22FN5O3. The first-order chi connectivity index (χ1) is 15.3. The van der Waals surface area contributed by atoms with Gasteiger partial charge in [-0.15, -0.1) is 0 Å². The van der Waals surface area contributed by atoms with Crippen LogP contribution in [0.3, 0.4) is 0 Å². The van der Waals surface area contributed by atoms with E-state index in [0.29, 0.717) is 34.0 Å². The van der Waals surface area contributed by atoms with Crippen LogP contribution in [-0.4, -0.2) is 58.4 Å². The Labute approximate surface area is 184 Å². The van der Waals surface area contributed by atoms with Crippen LogP contribution in [0.25, 0.3) is 11.3 Å². The topological polar surface area (TPSA) is 88.5 Å². The molecule has 1 atom stereocenters. The second kappa shape index (κ2) is 8.33. The van der Waals surface area contributed by atoms with Gasteiger partial charge in [-0.05, 0) is 43.2 Å². The fourth-order valence-corrected chi connectivity index (χ4v) is 3.47. The molecule has 1 aliphatic heterocycles. The Morgan fingerprint density at radius 2 is 2.00 bits per heavy atom. The lowest BCUT2D eigenvalue weighted by Crippen LogP contribution is -2.50. The average molecular weight is 435 g/mol. The highest BCUT2D eigenvalue weighted by atomic mass is 19.1. The first-order valence-electron chi connectivity index (χ1n) is 10.0. The van der Waals surface area contributed by atoms with E-state index in [1.165, 1.54) is 29.1 Å². The van der Waals surface area contributed by atoms with Gasteiger partial charge in [-0.25, -0.2) is 19.3 Å². The molecule has 0 N–H and O–H groups in total. The van der Waals surface area contributed by atoms with Crippen molar-refractivity contribution < 1.29 is 18.7 Å². The van der Waals surface area contributed by atoms with Crippen molar-refractivity contribution in [3.63, 3.8) is 0 Å². The second-order valence-electron chi connectivity index (χ2n) is 7.65. The van der Waals surface area contributed by atoms with Crippen LogP contribution >= 0.6 is 0 Å². The standard InChI is InChI=1S/C23H22FN5O3/c1-13-7-8-15(10-16(13)24)19-14(2)11-26-20(27-19)23(31)28(3)17-12-32-18-6-5-9-25-21(18)29(4)22(17)30/h5-11,17H,12H2,1-4H3/t17-/m0/s1. The Morgan fingerprint density at radius 1 is 1.22 bits per heavy atom. The molecule has 2 aromatic heterocycles. The number of ether oxygens (including phenoxy) is 1. The number of nitrogens with zero attached hydrogens (tertiary/aromatic N) is 5. The molecule has 0 radical (unpaired) electrons. The lowest BCUT2D eigenvalue weighted by atomic mass is 10.1. The number of carbonyl (C=O) groups excluding carboxylic acids is 2. The van der Waals surface area contributed by atoms with E-state index in [1.54, 1.807) is 51.4 Å². The van der Waals surface area contributed by atoms with Crippen molar-refractivity contribution >= 4 is 17.6 Å². The van der Waals surface area contributed by atoms with E-state index in [0.717, 1.165) is 0 Å². The third-order valence-electron chi connectivity index (χ3n) is 5.48. The van der Waals surface area contributed by atoms with Crippen molar-refractivity contribution in [1.82, 2.24) is 19.9 Å². The maximum Gasteiger partial charge on any atom is 0.292 e. The van der Waals surface area contributed by atoms with E-state index in [-0.39, 0.29) is 24.2 Å². The van der Waals surface area contributed by atoms with E-state index in [4.69, 9.17) is 4.74 Å². The molecule has 3 aromatic rings. The van der Waals surface area contributed by atoms with Crippen molar-refractivity contribution in [3.05, 3.63) is 65.5 Å². The summed E-state index contributed by atoms with van der Waals surface area (Å²) in [5, 5.41) is 0. The van der Waals surface area contributed by atoms with Gasteiger partial charge in [-0.2, -0.15) is 0 Å². The molecular weight excluding hydrogens is 413 g/mol. The molecule has 0 aliphatic carbocycles. The van der Waals surface area contributed by atoms with Crippen molar-refractivity contribution in [3.8, 4) is 17.0 Å². The maximum absolute atomic E-state index is 14.1. The van der Waals surface area contributed by atoms with Gasteiger partial charge in [0.25, 0.3) is 11.8 Å².